The highest BCUT2D eigenvalue weighted by molar-refractivity contribution is 5.06. The van der Waals surface area contributed by atoms with Crippen LogP contribution in [0.3, 0.4) is 0 Å². The Morgan fingerprint density at radius 1 is 1.42 bits per heavy atom. The lowest BCUT2D eigenvalue weighted by molar-refractivity contribution is 0.117. The average molecular weight is 263 g/mol. The van der Waals surface area contributed by atoms with E-state index in [9.17, 15) is 0 Å². The molecule has 0 bridgehead atoms. The molecule has 1 saturated carbocycles. The quantitative estimate of drug-likeness (QED) is 0.884. The van der Waals surface area contributed by atoms with Gasteiger partial charge in [0.1, 0.15) is 0 Å². The maximum absolute atomic E-state index is 4.41. The number of hydrogen-bond acceptors (Lipinski definition) is 2. The maximum Gasteiger partial charge on any atom is 0.0521 e. The minimum atomic E-state index is 0.510. The molecule has 2 unspecified atom stereocenters. The van der Waals surface area contributed by atoms with Crippen molar-refractivity contribution in [3.63, 3.8) is 0 Å². The van der Waals surface area contributed by atoms with Gasteiger partial charge in [-0.2, -0.15) is 5.10 Å². The van der Waals surface area contributed by atoms with Crippen LogP contribution in [0.1, 0.15) is 45.6 Å². The summed E-state index contributed by atoms with van der Waals surface area (Å²) in [5.41, 5.74) is 1.92. The predicted octanol–water partition coefficient (Wildman–Crippen LogP) is 3.11. The topological polar surface area (TPSA) is 29.9 Å². The molecule has 108 valence electrons. The van der Waals surface area contributed by atoms with E-state index in [-0.39, 0.29) is 0 Å². The minimum Gasteiger partial charge on any atom is -0.319 e. The molecule has 0 aromatic carbocycles. The second-order valence-corrected chi connectivity index (χ2v) is 6.89. The van der Waals surface area contributed by atoms with Crippen LogP contribution in [-0.2, 0) is 13.0 Å². The highest BCUT2D eigenvalue weighted by Crippen LogP contribution is 2.42. The summed E-state index contributed by atoms with van der Waals surface area (Å²) in [5, 5.41) is 7.78. The average Bonchev–Trinajstić information content (AvgIpc) is 2.80. The summed E-state index contributed by atoms with van der Waals surface area (Å²) in [7, 11) is 2.08. The Morgan fingerprint density at radius 2 is 2.21 bits per heavy atom. The van der Waals surface area contributed by atoms with Crippen molar-refractivity contribution in [2.24, 2.45) is 17.3 Å². The van der Waals surface area contributed by atoms with Crippen molar-refractivity contribution in [3.8, 4) is 0 Å². The molecule has 2 rings (SSSR count). The van der Waals surface area contributed by atoms with Gasteiger partial charge in [-0.1, -0.05) is 13.8 Å². The van der Waals surface area contributed by atoms with Gasteiger partial charge in [0, 0.05) is 12.7 Å². The summed E-state index contributed by atoms with van der Waals surface area (Å²) < 4.78 is 2.04. The molecular weight excluding hydrogens is 234 g/mol. The van der Waals surface area contributed by atoms with Gasteiger partial charge in [0.05, 0.1) is 6.20 Å². The van der Waals surface area contributed by atoms with Gasteiger partial charge in [-0.25, -0.2) is 0 Å². The number of nitrogens with zero attached hydrogens (tertiary/aromatic N) is 2. The van der Waals surface area contributed by atoms with Crippen molar-refractivity contribution >= 4 is 0 Å². The first-order chi connectivity index (χ1) is 9.04. The molecule has 0 saturated heterocycles. The Bertz CT molecular complexity index is 394. The van der Waals surface area contributed by atoms with Crippen molar-refractivity contribution in [2.75, 3.05) is 13.6 Å². The Balaban J connectivity index is 2.04. The van der Waals surface area contributed by atoms with E-state index < -0.39 is 0 Å². The third-order valence-electron chi connectivity index (χ3n) is 4.65. The van der Waals surface area contributed by atoms with Crippen LogP contribution < -0.4 is 5.32 Å². The largest absolute Gasteiger partial charge is 0.319 e. The van der Waals surface area contributed by atoms with Gasteiger partial charge in [0.2, 0.25) is 0 Å². The van der Waals surface area contributed by atoms with Crippen LogP contribution in [0.25, 0.3) is 0 Å². The van der Waals surface area contributed by atoms with Crippen LogP contribution in [-0.4, -0.2) is 23.4 Å². The Labute approximate surface area is 117 Å². The van der Waals surface area contributed by atoms with Gasteiger partial charge >= 0.3 is 0 Å². The second-order valence-electron chi connectivity index (χ2n) is 6.89. The van der Waals surface area contributed by atoms with Crippen LogP contribution in [0.5, 0.6) is 0 Å². The third kappa shape index (κ3) is 3.82. The molecule has 0 amide bonds. The third-order valence-corrected chi connectivity index (χ3v) is 4.65. The predicted molar refractivity (Wildman–Crippen MR) is 80.1 cm³/mol. The van der Waals surface area contributed by atoms with E-state index in [4.69, 9.17) is 0 Å². The highest BCUT2D eigenvalue weighted by atomic mass is 15.3. The smallest absolute Gasteiger partial charge is 0.0521 e. The summed E-state index contributed by atoms with van der Waals surface area (Å²) in [6.45, 7) is 9.11. The van der Waals surface area contributed by atoms with Crippen LogP contribution in [0.4, 0.5) is 0 Å². The summed E-state index contributed by atoms with van der Waals surface area (Å²) >= 11 is 0. The van der Waals surface area contributed by atoms with Crippen LogP contribution >= 0.6 is 0 Å². The zero-order chi connectivity index (χ0) is 13.9. The Hall–Kier alpha value is -0.830. The number of aromatic nitrogens is 2. The number of aryl methyl sites for hydroxylation is 1. The Morgan fingerprint density at radius 3 is 2.84 bits per heavy atom. The van der Waals surface area contributed by atoms with Crippen molar-refractivity contribution in [1.82, 2.24) is 15.1 Å². The second kappa shape index (κ2) is 6.08. The Kier molecular flexibility index (Phi) is 4.67. The van der Waals surface area contributed by atoms with Crippen molar-refractivity contribution < 1.29 is 0 Å². The van der Waals surface area contributed by atoms with E-state index in [1.165, 1.54) is 31.2 Å². The van der Waals surface area contributed by atoms with Gasteiger partial charge < -0.3 is 5.32 Å². The zero-order valence-corrected chi connectivity index (χ0v) is 12.9. The SMILES string of the molecule is CCn1cc(CC2CC(C)(C)CCC2CNC)cn1. The molecule has 0 radical (unpaired) electrons. The molecule has 2 atom stereocenters. The van der Waals surface area contributed by atoms with Gasteiger partial charge in [-0.3, -0.25) is 4.68 Å². The van der Waals surface area contributed by atoms with Crippen LogP contribution in [0.15, 0.2) is 12.4 Å². The van der Waals surface area contributed by atoms with E-state index in [1.54, 1.807) is 0 Å². The van der Waals surface area contributed by atoms with Gasteiger partial charge in [-0.15, -0.1) is 0 Å². The molecule has 1 aliphatic carbocycles. The van der Waals surface area contributed by atoms with Crippen LogP contribution in [0.2, 0.25) is 0 Å². The molecule has 1 aliphatic rings. The lowest BCUT2D eigenvalue weighted by Crippen LogP contribution is -2.36. The maximum atomic E-state index is 4.41. The standard InChI is InChI=1S/C16H29N3/c1-5-19-12-13(10-18-19)8-15-9-16(2,3)7-6-14(15)11-17-4/h10,12,14-15,17H,5-9,11H2,1-4H3. The first kappa shape index (κ1) is 14.6. The zero-order valence-electron chi connectivity index (χ0n) is 12.9. The molecule has 3 nitrogen and oxygen atoms in total. The van der Waals surface area contributed by atoms with E-state index in [2.05, 4.69) is 50.6 Å². The number of hydrogen-bond donors (Lipinski definition) is 1. The normalized spacial score (nSPS) is 26.5. The van der Waals surface area contributed by atoms with Gasteiger partial charge in [0.15, 0.2) is 0 Å². The fourth-order valence-electron chi connectivity index (χ4n) is 3.55. The molecule has 1 heterocycles. The lowest BCUT2D eigenvalue weighted by Gasteiger charge is -2.41. The van der Waals surface area contributed by atoms with E-state index in [0.717, 1.165) is 24.9 Å². The molecule has 0 spiro atoms. The van der Waals surface area contributed by atoms with Crippen molar-refractivity contribution in [1.29, 1.82) is 0 Å². The van der Waals surface area contributed by atoms with Crippen molar-refractivity contribution in [3.05, 3.63) is 18.0 Å². The van der Waals surface area contributed by atoms with E-state index in [1.807, 2.05) is 4.68 Å². The first-order valence-corrected chi connectivity index (χ1v) is 7.70. The molecule has 19 heavy (non-hydrogen) atoms. The summed E-state index contributed by atoms with van der Waals surface area (Å²) in [6.07, 6.45) is 9.54. The summed E-state index contributed by atoms with van der Waals surface area (Å²) in [5.74, 6) is 1.62. The molecule has 1 fully saturated rings. The molecule has 3 heteroatoms. The van der Waals surface area contributed by atoms with Gasteiger partial charge in [-0.05, 0) is 69.0 Å². The lowest BCUT2D eigenvalue weighted by atomic mass is 9.65. The molecule has 1 N–H and O–H groups in total. The molecule has 0 aliphatic heterocycles. The minimum absolute atomic E-state index is 0.510. The highest BCUT2D eigenvalue weighted by Gasteiger charge is 2.34. The molecule has 1 aromatic heterocycles. The first-order valence-electron chi connectivity index (χ1n) is 7.70. The fourth-order valence-corrected chi connectivity index (χ4v) is 3.55. The van der Waals surface area contributed by atoms with E-state index in [0.29, 0.717) is 5.41 Å². The number of nitrogens with one attached hydrogen (secondary N) is 1. The molecular formula is C16H29N3. The fraction of sp³-hybridized carbons (Fsp3) is 0.812. The van der Waals surface area contributed by atoms with Crippen LogP contribution in [0, 0.1) is 17.3 Å². The van der Waals surface area contributed by atoms with Crippen molar-refractivity contribution in [2.45, 2.75) is 53.0 Å². The summed E-state index contributed by atoms with van der Waals surface area (Å²) in [6, 6.07) is 0. The monoisotopic (exact) mass is 263 g/mol. The van der Waals surface area contributed by atoms with E-state index >= 15 is 0 Å². The number of rotatable bonds is 5. The molecule has 1 aromatic rings. The summed E-state index contributed by atoms with van der Waals surface area (Å²) in [4.78, 5) is 0. The van der Waals surface area contributed by atoms with Gasteiger partial charge in [0.25, 0.3) is 0 Å².